The summed E-state index contributed by atoms with van der Waals surface area (Å²) in [4.78, 5) is 17.2. The number of halogens is 1. The molecule has 3 aromatic rings. The molecule has 0 saturated carbocycles. The molecule has 0 radical (unpaired) electrons. The Morgan fingerprint density at radius 1 is 1.30 bits per heavy atom. The zero-order chi connectivity index (χ0) is 23.2. The SMILES string of the molecule is CCOc1cc2ncc(C#N)c(Nc3cccc(Br)c3)c2cc1NC(=O)C=C1CCNCC1. The van der Waals surface area contributed by atoms with Crippen LogP contribution >= 0.6 is 15.9 Å². The second-order valence-corrected chi connectivity index (χ2v) is 8.55. The van der Waals surface area contributed by atoms with Gasteiger partial charge in [0.2, 0.25) is 5.91 Å². The van der Waals surface area contributed by atoms with Crippen molar-refractivity contribution in [3.63, 3.8) is 0 Å². The van der Waals surface area contributed by atoms with E-state index >= 15 is 0 Å². The van der Waals surface area contributed by atoms with Gasteiger partial charge in [0, 0.05) is 33.9 Å². The third-order valence-electron chi connectivity index (χ3n) is 5.32. The fraction of sp³-hybridized carbons (Fsp3) is 0.240. The molecule has 7 nitrogen and oxygen atoms in total. The molecule has 1 fully saturated rings. The number of carbonyl (C=O) groups excluding carboxylic acids is 1. The van der Waals surface area contributed by atoms with E-state index in [1.165, 1.54) is 6.20 Å². The first-order chi connectivity index (χ1) is 16.1. The van der Waals surface area contributed by atoms with Gasteiger partial charge >= 0.3 is 0 Å². The van der Waals surface area contributed by atoms with Crippen molar-refractivity contribution in [2.45, 2.75) is 19.8 Å². The van der Waals surface area contributed by atoms with Crippen LogP contribution in [0.2, 0.25) is 0 Å². The van der Waals surface area contributed by atoms with E-state index in [0.29, 0.717) is 40.2 Å². The van der Waals surface area contributed by atoms with E-state index in [0.717, 1.165) is 41.7 Å². The second kappa shape index (κ2) is 10.5. The highest BCUT2D eigenvalue weighted by Crippen LogP contribution is 2.36. The van der Waals surface area contributed by atoms with Crippen molar-refractivity contribution in [2.24, 2.45) is 0 Å². The number of hydrogen-bond acceptors (Lipinski definition) is 6. The van der Waals surface area contributed by atoms with Crippen LogP contribution in [0.15, 0.2) is 58.7 Å². The Morgan fingerprint density at radius 3 is 2.85 bits per heavy atom. The molecular weight excluding hydrogens is 482 g/mol. The fourth-order valence-electron chi connectivity index (χ4n) is 3.77. The number of aromatic nitrogens is 1. The van der Waals surface area contributed by atoms with Gasteiger partial charge in [-0.05, 0) is 57.1 Å². The molecule has 1 saturated heterocycles. The predicted octanol–water partition coefficient (Wildman–Crippen LogP) is 5.26. The lowest BCUT2D eigenvalue weighted by Gasteiger charge is -2.17. The van der Waals surface area contributed by atoms with Gasteiger partial charge in [-0.15, -0.1) is 0 Å². The van der Waals surface area contributed by atoms with Gasteiger partial charge in [0.15, 0.2) is 0 Å². The first kappa shape index (κ1) is 22.8. The lowest BCUT2D eigenvalue weighted by Crippen LogP contribution is -2.24. The third-order valence-corrected chi connectivity index (χ3v) is 5.82. The minimum Gasteiger partial charge on any atom is -0.492 e. The van der Waals surface area contributed by atoms with Crippen LogP contribution in [-0.4, -0.2) is 30.6 Å². The maximum atomic E-state index is 12.8. The van der Waals surface area contributed by atoms with Crippen molar-refractivity contribution in [3.05, 3.63) is 64.3 Å². The van der Waals surface area contributed by atoms with Crippen LogP contribution in [-0.2, 0) is 4.79 Å². The molecule has 2 aromatic carbocycles. The number of carbonyl (C=O) groups is 1. The molecule has 1 aliphatic heterocycles. The van der Waals surface area contributed by atoms with E-state index in [-0.39, 0.29) is 5.91 Å². The minimum atomic E-state index is -0.196. The van der Waals surface area contributed by atoms with Gasteiger partial charge in [0.1, 0.15) is 11.8 Å². The number of ether oxygens (including phenoxy) is 1. The highest BCUT2D eigenvalue weighted by atomic mass is 79.9. The second-order valence-electron chi connectivity index (χ2n) is 7.63. The van der Waals surface area contributed by atoms with Crippen molar-refractivity contribution in [1.82, 2.24) is 10.3 Å². The zero-order valence-corrected chi connectivity index (χ0v) is 19.8. The van der Waals surface area contributed by atoms with Crippen molar-refractivity contribution >= 4 is 49.8 Å². The number of amides is 1. The molecule has 1 aromatic heterocycles. The Hall–Kier alpha value is -3.41. The van der Waals surface area contributed by atoms with Crippen molar-refractivity contribution in [1.29, 1.82) is 5.26 Å². The number of rotatable bonds is 6. The van der Waals surface area contributed by atoms with Crippen LogP contribution in [0.25, 0.3) is 10.9 Å². The van der Waals surface area contributed by atoms with Gasteiger partial charge in [0.25, 0.3) is 0 Å². The molecular formula is C25H24BrN5O2. The summed E-state index contributed by atoms with van der Waals surface area (Å²) in [5.41, 5.74) is 4.16. The number of anilines is 3. The molecule has 8 heteroatoms. The number of nitriles is 1. The Morgan fingerprint density at radius 2 is 2.12 bits per heavy atom. The van der Waals surface area contributed by atoms with Gasteiger partial charge in [-0.25, -0.2) is 0 Å². The summed E-state index contributed by atoms with van der Waals surface area (Å²) in [5.74, 6) is 0.339. The Balaban J connectivity index is 1.76. The molecule has 168 valence electrons. The van der Waals surface area contributed by atoms with Crippen LogP contribution in [0.3, 0.4) is 0 Å². The number of hydrogen-bond donors (Lipinski definition) is 3. The Kier molecular flexibility index (Phi) is 7.23. The number of fused-ring (bicyclic) bond motifs is 1. The van der Waals surface area contributed by atoms with Crippen molar-refractivity contribution in [2.75, 3.05) is 30.3 Å². The minimum absolute atomic E-state index is 0.196. The van der Waals surface area contributed by atoms with Crippen LogP contribution in [0.1, 0.15) is 25.3 Å². The van der Waals surface area contributed by atoms with E-state index in [9.17, 15) is 10.1 Å². The van der Waals surface area contributed by atoms with Crippen LogP contribution in [0.5, 0.6) is 5.75 Å². The summed E-state index contributed by atoms with van der Waals surface area (Å²) in [6.07, 6.45) is 4.93. The number of nitrogens with zero attached hydrogens (tertiary/aromatic N) is 2. The summed E-state index contributed by atoms with van der Waals surface area (Å²) in [5, 5.41) is 20.0. The van der Waals surface area contributed by atoms with E-state index in [4.69, 9.17) is 4.74 Å². The van der Waals surface area contributed by atoms with Gasteiger partial charge in [-0.1, -0.05) is 27.6 Å². The molecule has 33 heavy (non-hydrogen) atoms. The maximum absolute atomic E-state index is 12.8. The molecule has 0 bridgehead atoms. The first-order valence-corrected chi connectivity index (χ1v) is 11.6. The number of piperidine rings is 1. The molecule has 0 aliphatic carbocycles. The highest BCUT2D eigenvalue weighted by molar-refractivity contribution is 9.10. The van der Waals surface area contributed by atoms with Gasteiger partial charge < -0.3 is 20.7 Å². The first-order valence-electron chi connectivity index (χ1n) is 10.8. The lowest BCUT2D eigenvalue weighted by molar-refractivity contribution is -0.112. The molecule has 1 aliphatic rings. The smallest absolute Gasteiger partial charge is 0.248 e. The van der Waals surface area contributed by atoms with Gasteiger partial charge in [0.05, 0.1) is 29.1 Å². The normalized spacial score (nSPS) is 13.3. The van der Waals surface area contributed by atoms with Crippen molar-refractivity contribution < 1.29 is 9.53 Å². The summed E-state index contributed by atoms with van der Waals surface area (Å²) in [7, 11) is 0. The topological polar surface area (TPSA) is 99.1 Å². The Labute approximate surface area is 201 Å². The standard InChI is InChI=1S/C25H24BrN5O2/c1-2-33-23-13-21-20(12-22(23)31-24(32)10-16-6-8-28-9-7-16)25(17(14-27)15-29-21)30-19-5-3-4-18(26)11-19/h3-5,10-13,15,28H,2,6-9H2,1H3,(H,29,30)(H,31,32). The number of pyridine rings is 1. The molecule has 1 amide bonds. The zero-order valence-electron chi connectivity index (χ0n) is 18.2. The molecule has 0 unspecified atom stereocenters. The van der Waals surface area contributed by atoms with E-state index in [2.05, 4.69) is 42.9 Å². The monoisotopic (exact) mass is 505 g/mol. The molecule has 0 atom stereocenters. The summed E-state index contributed by atoms with van der Waals surface area (Å²) in [6, 6.07) is 13.5. The quantitative estimate of drug-likeness (QED) is 0.395. The summed E-state index contributed by atoms with van der Waals surface area (Å²) in [6.45, 7) is 4.10. The lowest BCUT2D eigenvalue weighted by atomic mass is 10.0. The largest absolute Gasteiger partial charge is 0.492 e. The van der Waals surface area contributed by atoms with E-state index in [1.807, 2.05) is 37.3 Å². The molecule has 3 N–H and O–H groups in total. The van der Waals surface area contributed by atoms with Crippen LogP contribution < -0.4 is 20.7 Å². The Bertz CT molecular complexity index is 1260. The average Bonchev–Trinajstić information content (AvgIpc) is 2.81. The van der Waals surface area contributed by atoms with Crippen LogP contribution in [0, 0.1) is 11.3 Å². The highest BCUT2D eigenvalue weighted by Gasteiger charge is 2.16. The summed E-state index contributed by atoms with van der Waals surface area (Å²) < 4.78 is 6.71. The summed E-state index contributed by atoms with van der Waals surface area (Å²) >= 11 is 3.48. The van der Waals surface area contributed by atoms with Gasteiger partial charge in [-0.2, -0.15) is 5.26 Å². The predicted molar refractivity (Wildman–Crippen MR) is 134 cm³/mol. The number of nitrogens with one attached hydrogen (secondary N) is 3. The molecule has 0 spiro atoms. The van der Waals surface area contributed by atoms with Crippen LogP contribution in [0.4, 0.5) is 17.1 Å². The molecule has 2 heterocycles. The maximum Gasteiger partial charge on any atom is 0.248 e. The van der Waals surface area contributed by atoms with Gasteiger partial charge in [-0.3, -0.25) is 9.78 Å². The van der Waals surface area contributed by atoms with Crippen molar-refractivity contribution in [3.8, 4) is 11.8 Å². The van der Waals surface area contributed by atoms with E-state index in [1.54, 1.807) is 12.1 Å². The number of benzene rings is 2. The fourth-order valence-corrected chi connectivity index (χ4v) is 4.17. The third kappa shape index (κ3) is 5.51. The van der Waals surface area contributed by atoms with E-state index < -0.39 is 0 Å². The average molecular weight is 506 g/mol. The molecule has 4 rings (SSSR count).